The van der Waals surface area contributed by atoms with Crippen LogP contribution in [0.1, 0.15) is 15.9 Å². The van der Waals surface area contributed by atoms with Gasteiger partial charge < -0.3 is 10.6 Å². The van der Waals surface area contributed by atoms with E-state index < -0.39 is 11.7 Å². The van der Waals surface area contributed by atoms with Gasteiger partial charge in [-0.2, -0.15) is 0 Å². The van der Waals surface area contributed by atoms with E-state index in [1.54, 1.807) is 12.1 Å². The van der Waals surface area contributed by atoms with Crippen LogP contribution in [0.5, 0.6) is 0 Å². The highest BCUT2D eigenvalue weighted by molar-refractivity contribution is 9.10. The summed E-state index contributed by atoms with van der Waals surface area (Å²) in [6, 6.07) is 13.3. The van der Waals surface area contributed by atoms with Crippen molar-refractivity contribution in [2.75, 3.05) is 13.1 Å². The Balaban J connectivity index is 1.74. The molecule has 2 rings (SSSR count). The summed E-state index contributed by atoms with van der Waals surface area (Å²) in [6.45, 7) is 0.459. The van der Waals surface area contributed by atoms with Crippen LogP contribution in [0.4, 0.5) is 4.39 Å². The summed E-state index contributed by atoms with van der Waals surface area (Å²) >= 11 is 3.39. The zero-order valence-electron chi connectivity index (χ0n) is 12.8. The van der Waals surface area contributed by atoms with Crippen LogP contribution < -0.4 is 10.6 Å². The van der Waals surface area contributed by atoms with Gasteiger partial charge in [0, 0.05) is 23.6 Å². The van der Waals surface area contributed by atoms with Crippen molar-refractivity contribution in [3.63, 3.8) is 0 Å². The average Bonchev–Trinajstić information content (AvgIpc) is 2.58. The number of amides is 2. The van der Waals surface area contributed by atoms with E-state index in [0.29, 0.717) is 0 Å². The van der Waals surface area contributed by atoms with Gasteiger partial charge in [0.25, 0.3) is 5.91 Å². The molecule has 2 aromatic carbocycles. The lowest BCUT2D eigenvalue weighted by Gasteiger charge is -2.06. The summed E-state index contributed by atoms with van der Waals surface area (Å²) in [5, 5.41) is 5.20. The first kappa shape index (κ1) is 17.9. The Labute approximate surface area is 147 Å². The molecule has 6 heteroatoms. The van der Waals surface area contributed by atoms with Crippen LogP contribution in [0, 0.1) is 5.82 Å². The largest absolute Gasteiger partial charge is 0.351 e. The summed E-state index contributed by atoms with van der Waals surface area (Å²) in [5.41, 5.74) is 0.873. The van der Waals surface area contributed by atoms with Crippen molar-refractivity contribution in [1.29, 1.82) is 0 Å². The van der Waals surface area contributed by atoms with Gasteiger partial charge in [-0.1, -0.05) is 46.3 Å². The third-order valence-electron chi connectivity index (χ3n) is 3.15. The highest BCUT2D eigenvalue weighted by Gasteiger charge is 2.09. The van der Waals surface area contributed by atoms with Gasteiger partial charge >= 0.3 is 0 Å². The van der Waals surface area contributed by atoms with Crippen molar-refractivity contribution in [1.82, 2.24) is 10.6 Å². The molecule has 124 valence electrons. The van der Waals surface area contributed by atoms with Gasteiger partial charge in [0.05, 0.1) is 5.56 Å². The first-order valence-electron chi connectivity index (χ1n) is 7.31. The number of nitrogens with one attached hydrogen (secondary N) is 2. The molecule has 0 saturated heterocycles. The predicted octanol–water partition coefficient (Wildman–Crippen LogP) is 3.15. The zero-order valence-corrected chi connectivity index (χ0v) is 14.3. The van der Waals surface area contributed by atoms with Crippen molar-refractivity contribution >= 4 is 33.8 Å². The predicted molar refractivity (Wildman–Crippen MR) is 94.9 cm³/mol. The molecule has 0 spiro atoms. The molecule has 24 heavy (non-hydrogen) atoms. The van der Waals surface area contributed by atoms with Gasteiger partial charge in [-0.3, -0.25) is 9.59 Å². The fourth-order valence-electron chi connectivity index (χ4n) is 1.94. The van der Waals surface area contributed by atoms with Gasteiger partial charge in [0.2, 0.25) is 5.91 Å². The van der Waals surface area contributed by atoms with Crippen LogP contribution in [0.3, 0.4) is 0 Å². The molecular weight excluding hydrogens is 375 g/mol. The quantitative estimate of drug-likeness (QED) is 0.587. The van der Waals surface area contributed by atoms with Crippen molar-refractivity contribution in [3.8, 4) is 0 Å². The van der Waals surface area contributed by atoms with Crippen molar-refractivity contribution in [2.24, 2.45) is 0 Å². The maximum absolute atomic E-state index is 13.4. The first-order valence-corrected chi connectivity index (χ1v) is 8.10. The monoisotopic (exact) mass is 390 g/mol. The van der Waals surface area contributed by atoms with E-state index in [1.807, 2.05) is 24.3 Å². The minimum Gasteiger partial charge on any atom is -0.351 e. The standard InChI is InChI=1S/C18H16BrFN2O2/c19-15-7-3-1-5-13(15)9-10-17(23)21-11-12-22-18(24)14-6-2-4-8-16(14)20/h1-10H,11-12H2,(H,21,23)(H,22,24). The molecule has 2 aromatic rings. The van der Waals surface area contributed by atoms with Crippen LogP contribution in [-0.2, 0) is 4.79 Å². The smallest absolute Gasteiger partial charge is 0.254 e. The lowest BCUT2D eigenvalue weighted by atomic mass is 10.2. The maximum Gasteiger partial charge on any atom is 0.254 e. The number of hydrogen-bond acceptors (Lipinski definition) is 2. The molecule has 0 bridgehead atoms. The third-order valence-corrected chi connectivity index (χ3v) is 3.87. The molecule has 0 atom stereocenters. The molecule has 2 N–H and O–H groups in total. The van der Waals surface area contributed by atoms with Crippen LogP contribution in [0.2, 0.25) is 0 Å². The van der Waals surface area contributed by atoms with Crippen molar-refractivity contribution in [3.05, 3.63) is 76.0 Å². The van der Waals surface area contributed by atoms with E-state index in [4.69, 9.17) is 0 Å². The number of benzene rings is 2. The second-order valence-corrected chi connectivity index (χ2v) is 5.74. The first-order chi connectivity index (χ1) is 11.6. The summed E-state index contributed by atoms with van der Waals surface area (Å²) in [7, 11) is 0. The number of hydrogen-bond donors (Lipinski definition) is 2. The zero-order chi connectivity index (χ0) is 17.4. The second-order valence-electron chi connectivity index (χ2n) is 4.88. The molecule has 0 aliphatic heterocycles. The Morgan fingerprint density at radius 3 is 2.42 bits per heavy atom. The number of carbonyl (C=O) groups is 2. The van der Waals surface area contributed by atoms with Gasteiger partial charge in [-0.25, -0.2) is 4.39 Å². The molecule has 0 aliphatic carbocycles. The average molecular weight is 391 g/mol. The Kier molecular flexibility index (Phi) is 6.69. The fraction of sp³-hybridized carbons (Fsp3) is 0.111. The van der Waals surface area contributed by atoms with Gasteiger partial charge in [-0.15, -0.1) is 0 Å². The van der Waals surface area contributed by atoms with E-state index in [-0.39, 0.29) is 24.6 Å². The molecule has 4 nitrogen and oxygen atoms in total. The van der Waals surface area contributed by atoms with Crippen LogP contribution in [-0.4, -0.2) is 24.9 Å². The molecule has 0 saturated carbocycles. The topological polar surface area (TPSA) is 58.2 Å². The fourth-order valence-corrected chi connectivity index (χ4v) is 2.35. The van der Waals surface area contributed by atoms with E-state index >= 15 is 0 Å². The highest BCUT2D eigenvalue weighted by atomic mass is 79.9. The number of carbonyl (C=O) groups excluding carboxylic acids is 2. The van der Waals surface area contributed by atoms with Gasteiger partial charge in [0.1, 0.15) is 5.82 Å². The molecule has 0 heterocycles. The summed E-state index contributed by atoms with van der Waals surface area (Å²) in [5.74, 6) is -1.35. The minimum absolute atomic E-state index is 0.0161. The van der Waals surface area contributed by atoms with E-state index in [1.165, 1.54) is 24.3 Å². The normalized spacial score (nSPS) is 10.6. The second kappa shape index (κ2) is 8.98. The number of rotatable bonds is 6. The molecular formula is C18H16BrFN2O2. The maximum atomic E-state index is 13.4. The SMILES string of the molecule is O=C(C=Cc1ccccc1Br)NCCNC(=O)c1ccccc1F. The minimum atomic E-state index is -0.574. The lowest BCUT2D eigenvalue weighted by molar-refractivity contribution is -0.116. The van der Waals surface area contributed by atoms with Gasteiger partial charge in [0.15, 0.2) is 0 Å². The molecule has 2 amide bonds. The summed E-state index contributed by atoms with van der Waals surface area (Å²) < 4.78 is 14.3. The van der Waals surface area contributed by atoms with E-state index in [9.17, 15) is 14.0 Å². The molecule has 0 fully saturated rings. The summed E-state index contributed by atoms with van der Waals surface area (Å²) in [4.78, 5) is 23.5. The van der Waals surface area contributed by atoms with Gasteiger partial charge in [-0.05, 0) is 29.8 Å². The van der Waals surface area contributed by atoms with Crippen molar-refractivity contribution < 1.29 is 14.0 Å². The lowest BCUT2D eigenvalue weighted by Crippen LogP contribution is -2.34. The van der Waals surface area contributed by atoms with Crippen LogP contribution in [0.15, 0.2) is 59.1 Å². The molecule has 0 unspecified atom stereocenters. The van der Waals surface area contributed by atoms with E-state index in [0.717, 1.165) is 10.0 Å². The van der Waals surface area contributed by atoms with Crippen molar-refractivity contribution in [2.45, 2.75) is 0 Å². The Bertz CT molecular complexity index is 762. The van der Waals surface area contributed by atoms with E-state index in [2.05, 4.69) is 26.6 Å². The highest BCUT2D eigenvalue weighted by Crippen LogP contribution is 2.16. The Morgan fingerprint density at radius 2 is 1.67 bits per heavy atom. The molecule has 0 aromatic heterocycles. The Hall–Kier alpha value is -2.47. The number of halogens is 2. The molecule has 0 aliphatic rings. The van der Waals surface area contributed by atoms with Crippen LogP contribution in [0.25, 0.3) is 6.08 Å². The molecule has 0 radical (unpaired) electrons. The summed E-state index contributed by atoms with van der Waals surface area (Å²) in [6.07, 6.45) is 3.11. The van der Waals surface area contributed by atoms with Crippen LogP contribution >= 0.6 is 15.9 Å². The Morgan fingerprint density at radius 1 is 1.00 bits per heavy atom. The third kappa shape index (κ3) is 5.31.